The fourth-order valence-electron chi connectivity index (χ4n) is 3.08. The molecule has 0 aromatic heterocycles. The number of benzene rings is 2. The summed E-state index contributed by atoms with van der Waals surface area (Å²) in [5, 5.41) is 2.65. The zero-order valence-corrected chi connectivity index (χ0v) is 17.1. The first-order chi connectivity index (χ1) is 14.3. The third kappa shape index (κ3) is 4.17. The average Bonchev–Trinajstić information content (AvgIpc) is 2.98. The summed E-state index contributed by atoms with van der Waals surface area (Å²) < 4.78 is 5.38. The van der Waals surface area contributed by atoms with Gasteiger partial charge in [0.05, 0.1) is 23.4 Å². The Balaban J connectivity index is 1.75. The Bertz CT molecular complexity index is 998. The Hall–Kier alpha value is -3.68. The van der Waals surface area contributed by atoms with Crippen LogP contribution in [0.1, 0.15) is 44.4 Å². The van der Waals surface area contributed by atoms with Crippen molar-refractivity contribution >= 4 is 29.3 Å². The van der Waals surface area contributed by atoms with Crippen molar-refractivity contribution in [2.24, 2.45) is 0 Å². The van der Waals surface area contributed by atoms with Crippen molar-refractivity contribution < 1.29 is 23.9 Å². The number of rotatable bonds is 7. The van der Waals surface area contributed by atoms with Crippen LogP contribution in [0.3, 0.4) is 0 Å². The van der Waals surface area contributed by atoms with E-state index >= 15 is 0 Å². The van der Waals surface area contributed by atoms with Gasteiger partial charge in [-0.25, -0.2) is 4.90 Å². The van der Waals surface area contributed by atoms with Crippen LogP contribution in [-0.2, 0) is 4.79 Å². The van der Waals surface area contributed by atoms with Gasteiger partial charge in [0.1, 0.15) is 5.75 Å². The van der Waals surface area contributed by atoms with Crippen molar-refractivity contribution in [2.45, 2.75) is 13.3 Å². The number of hydrogen-bond donors (Lipinski definition) is 1. The summed E-state index contributed by atoms with van der Waals surface area (Å²) in [4.78, 5) is 52.1. The maximum absolute atomic E-state index is 12.9. The lowest BCUT2D eigenvalue weighted by Gasteiger charge is -2.14. The lowest BCUT2D eigenvalue weighted by molar-refractivity contribution is -0.128. The molecule has 2 aromatic rings. The molecule has 0 saturated heterocycles. The number of fused-ring (bicyclic) bond motifs is 1. The van der Waals surface area contributed by atoms with E-state index in [0.717, 1.165) is 4.90 Å². The molecule has 0 bridgehead atoms. The maximum atomic E-state index is 12.9. The van der Waals surface area contributed by atoms with Gasteiger partial charge in [0.2, 0.25) is 5.91 Å². The van der Waals surface area contributed by atoms with Crippen LogP contribution in [0.4, 0.5) is 5.69 Å². The van der Waals surface area contributed by atoms with Gasteiger partial charge in [-0.2, -0.15) is 0 Å². The Morgan fingerprint density at radius 1 is 1.00 bits per heavy atom. The van der Waals surface area contributed by atoms with Crippen LogP contribution in [0.25, 0.3) is 0 Å². The molecule has 0 saturated carbocycles. The molecule has 1 aliphatic rings. The topological polar surface area (TPSA) is 96.0 Å². The van der Waals surface area contributed by atoms with E-state index in [2.05, 4.69) is 5.32 Å². The fourth-order valence-corrected chi connectivity index (χ4v) is 3.08. The first kappa shape index (κ1) is 21.0. The zero-order valence-electron chi connectivity index (χ0n) is 17.1. The number of hydrogen-bond acceptors (Lipinski definition) is 5. The van der Waals surface area contributed by atoms with Crippen LogP contribution >= 0.6 is 0 Å². The molecule has 30 heavy (non-hydrogen) atoms. The summed E-state index contributed by atoms with van der Waals surface area (Å²) in [5.41, 5.74) is 1.10. The Kier molecular flexibility index (Phi) is 6.15. The smallest absolute Gasteiger partial charge is 0.266 e. The number of ether oxygens (including phenoxy) is 1. The monoisotopic (exact) mass is 409 g/mol. The van der Waals surface area contributed by atoms with E-state index in [1.54, 1.807) is 38.4 Å². The van der Waals surface area contributed by atoms with Crippen molar-refractivity contribution in [3.63, 3.8) is 0 Å². The largest absolute Gasteiger partial charge is 0.494 e. The van der Waals surface area contributed by atoms with E-state index in [1.807, 2.05) is 6.92 Å². The molecule has 0 spiro atoms. The lowest BCUT2D eigenvalue weighted by atomic mass is 10.1. The highest BCUT2D eigenvalue weighted by Crippen LogP contribution is 2.30. The molecule has 4 amide bonds. The first-order valence-electron chi connectivity index (χ1n) is 9.57. The Morgan fingerprint density at radius 3 is 2.30 bits per heavy atom. The second-order valence-corrected chi connectivity index (χ2v) is 6.93. The lowest BCUT2D eigenvalue weighted by Crippen LogP contribution is -2.30. The van der Waals surface area contributed by atoms with E-state index in [-0.39, 0.29) is 35.6 Å². The van der Waals surface area contributed by atoms with Crippen molar-refractivity contribution in [3.05, 3.63) is 59.2 Å². The highest BCUT2D eigenvalue weighted by Gasteiger charge is 2.37. The average molecular weight is 409 g/mol. The number of carbonyl (C=O) groups excluding carboxylic acids is 4. The van der Waals surface area contributed by atoms with Gasteiger partial charge in [0, 0.05) is 32.6 Å². The standard InChI is InChI=1S/C22H23N3O5/c1-4-30-16-8-6-15(7-9-16)25-21(28)17-10-5-14(13-18(17)22(25)29)20(27)23-12-11-19(26)24(2)3/h5-10,13H,4,11-12H2,1-3H3,(H,23,27). The third-order valence-corrected chi connectivity index (χ3v) is 4.68. The number of nitrogens with zero attached hydrogens (tertiary/aromatic N) is 2. The summed E-state index contributed by atoms with van der Waals surface area (Å²) in [6.07, 6.45) is 0.173. The fraction of sp³-hybridized carbons (Fsp3) is 0.273. The van der Waals surface area contributed by atoms with Crippen LogP contribution in [-0.4, -0.2) is 55.8 Å². The quantitative estimate of drug-likeness (QED) is 0.707. The number of carbonyl (C=O) groups is 4. The van der Waals surface area contributed by atoms with Gasteiger partial charge in [-0.15, -0.1) is 0 Å². The van der Waals surface area contributed by atoms with Crippen LogP contribution in [0.2, 0.25) is 0 Å². The molecule has 8 heteroatoms. The molecule has 0 aliphatic carbocycles. The van der Waals surface area contributed by atoms with Crippen LogP contribution < -0.4 is 15.0 Å². The van der Waals surface area contributed by atoms with Crippen molar-refractivity contribution in [1.29, 1.82) is 0 Å². The van der Waals surface area contributed by atoms with Crippen molar-refractivity contribution in [2.75, 3.05) is 32.1 Å². The summed E-state index contributed by atoms with van der Waals surface area (Å²) >= 11 is 0. The molecular formula is C22H23N3O5. The summed E-state index contributed by atoms with van der Waals surface area (Å²) in [6, 6.07) is 11.0. The minimum absolute atomic E-state index is 0.101. The molecular weight excluding hydrogens is 386 g/mol. The second kappa shape index (κ2) is 8.77. The molecule has 0 unspecified atom stereocenters. The summed E-state index contributed by atoms with van der Waals surface area (Å²) in [6.45, 7) is 2.56. The molecule has 0 atom stereocenters. The Labute approximate surface area is 174 Å². The third-order valence-electron chi connectivity index (χ3n) is 4.68. The molecule has 1 aliphatic heterocycles. The predicted molar refractivity (Wildman–Crippen MR) is 111 cm³/mol. The van der Waals surface area contributed by atoms with Gasteiger partial charge < -0.3 is 15.0 Å². The molecule has 2 aromatic carbocycles. The molecule has 0 radical (unpaired) electrons. The highest BCUT2D eigenvalue weighted by molar-refractivity contribution is 6.34. The highest BCUT2D eigenvalue weighted by atomic mass is 16.5. The minimum atomic E-state index is -0.489. The number of nitrogens with one attached hydrogen (secondary N) is 1. The molecule has 1 heterocycles. The van der Waals surface area contributed by atoms with Crippen LogP contribution in [0.5, 0.6) is 5.75 Å². The van der Waals surface area contributed by atoms with Gasteiger partial charge in [-0.1, -0.05) is 0 Å². The molecule has 0 fully saturated rings. The number of amides is 4. The molecule has 1 N–H and O–H groups in total. The maximum Gasteiger partial charge on any atom is 0.266 e. The zero-order chi connectivity index (χ0) is 21.8. The molecule has 8 nitrogen and oxygen atoms in total. The van der Waals surface area contributed by atoms with E-state index in [4.69, 9.17) is 4.74 Å². The van der Waals surface area contributed by atoms with Gasteiger partial charge in [-0.3, -0.25) is 19.2 Å². The second-order valence-electron chi connectivity index (χ2n) is 6.93. The van der Waals surface area contributed by atoms with E-state index in [9.17, 15) is 19.2 Å². The van der Waals surface area contributed by atoms with Crippen molar-refractivity contribution in [3.8, 4) is 5.75 Å². The predicted octanol–water partition coefficient (Wildman–Crippen LogP) is 2.09. The Morgan fingerprint density at radius 2 is 1.67 bits per heavy atom. The molecule has 156 valence electrons. The molecule has 3 rings (SSSR count). The van der Waals surface area contributed by atoms with E-state index in [0.29, 0.717) is 18.0 Å². The SMILES string of the molecule is CCOc1ccc(N2C(=O)c3ccc(C(=O)NCCC(=O)N(C)C)cc3C2=O)cc1. The first-order valence-corrected chi connectivity index (χ1v) is 9.57. The number of anilines is 1. The normalized spacial score (nSPS) is 12.6. The van der Waals surface area contributed by atoms with E-state index in [1.165, 1.54) is 23.1 Å². The minimum Gasteiger partial charge on any atom is -0.494 e. The van der Waals surface area contributed by atoms with Crippen molar-refractivity contribution in [1.82, 2.24) is 10.2 Å². The van der Waals surface area contributed by atoms with Gasteiger partial charge in [0.25, 0.3) is 17.7 Å². The van der Waals surface area contributed by atoms with Crippen LogP contribution in [0.15, 0.2) is 42.5 Å². The summed E-state index contributed by atoms with van der Waals surface area (Å²) in [7, 11) is 3.28. The van der Waals surface area contributed by atoms with Gasteiger partial charge in [0.15, 0.2) is 0 Å². The van der Waals surface area contributed by atoms with E-state index < -0.39 is 17.7 Å². The van der Waals surface area contributed by atoms with Gasteiger partial charge >= 0.3 is 0 Å². The van der Waals surface area contributed by atoms with Crippen LogP contribution in [0, 0.1) is 0 Å². The van der Waals surface area contributed by atoms with Gasteiger partial charge in [-0.05, 0) is 49.4 Å². The number of imide groups is 1. The summed E-state index contributed by atoms with van der Waals surface area (Å²) in [5.74, 6) is -0.802.